The molecule has 3 aromatic carbocycles. The molecule has 2 heterocycles. The monoisotopic (exact) mass is 519 g/mol. The zero-order valence-electron chi connectivity index (χ0n) is 18.7. The molecule has 0 radical (unpaired) electrons. The second-order valence-corrected chi connectivity index (χ2v) is 8.98. The van der Waals surface area contributed by atoms with Crippen molar-refractivity contribution in [3.05, 3.63) is 104 Å². The fourth-order valence-corrected chi connectivity index (χ4v) is 4.92. The number of fused-ring (bicyclic) bond motifs is 2. The lowest BCUT2D eigenvalue weighted by Crippen LogP contribution is -2.31. The Morgan fingerprint density at radius 3 is 2.50 bits per heavy atom. The second-order valence-electron chi connectivity index (χ2n) is 8.07. The molecule has 1 aliphatic rings. The van der Waals surface area contributed by atoms with Gasteiger partial charge in [-0.25, -0.2) is 0 Å². The third kappa shape index (κ3) is 3.76. The molecule has 1 amide bonds. The summed E-state index contributed by atoms with van der Waals surface area (Å²) in [6.45, 7) is 0.394. The summed E-state index contributed by atoms with van der Waals surface area (Å²) in [4.78, 5) is 28.8. The van der Waals surface area contributed by atoms with Crippen LogP contribution >= 0.6 is 15.9 Å². The van der Waals surface area contributed by atoms with Gasteiger partial charge in [0, 0.05) is 11.0 Å². The highest BCUT2D eigenvalue weighted by molar-refractivity contribution is 9.10. The van der Waals surface area contributed by atoms with Crippen molar-refractivity contribution >= 4 is 32.8 Å². The Hall–Kier alpha value is -3.58. The maximum Gasteiger partial charge on any atom is 0.290 e. The molecule has 0 N–H and O–H groups in total. The van der Waals surface area contributed by atoms with Gasteiger partial charge in [-0.15, -0.1) is 0 Å². The molecule has 0 saturated heterocycles. The van der Waals surface area contributed by atoms with Gasteiger partial charge >= 0.3 is 0 Å². The number of amides is 1. The number of nitrogens with zero attached hydrogens (tertiary/aromatic N) is 1. The van der Waals surface area contributed by atoms with Crippen molar-refractivity contribution < 1.29 is 18.7 Å². The first-order valence-electron chi connectivity index (χ1n) is 10.8. The maximum atomic E-state index is 13.5. The zero-order chi connectivity index (χ0) is 23.8. The Morgan fingerprint density at radius 1 is 0.941 bits per heavy atom. The van der Waals surface area contributed by atoms with Gasteiger partial charge in [-0.05, 0) is 53.9 Å². The summed E-state index contributed by atoms with van der Waals surface area (Å²) < 4.78 is 17.6. The third-order valence-corrected chi connectivity index (χ3v) is 6.62. The molecule has 0 bridgehead atoms. The number of carbonyl (C=O) groups excluding carboxylic acids is 1. The van der Waals surface area contributed by atoms with Crippen LogP contribution in [-0.4, -0.2) is 31.6 Å². The molecule has 0 fully saturated rings. The van der Waals surface area contributed by atoms with Crippen molar-refractivity contribution in [2.45, 2.75) is 12.5 Å². The Morgan fingerprint density at radius 2 is 1.74 bits per heavy atom. The number of hydrogen-bond donors (Lipinski definition) is 0. The van der Waals surface area contributed by atoms with Crippen LogP contribution in [0.4, 0.5) is 0 Å². The number of hydrogen-bond acceptors (Lipinski definition) is 5. The van der Waals surface area contributed by atoms with Crippen LogP contribution in [0, 0.1) is 0 Å². The van der Waals surface area contributed by atoms with Crippen LogP contribution in [0.15, 0.2) is 80.4 Å². The molecule has 34 heavy (non-hydrogen) atoms. The first-order chi connectivity index (χ1) is 16.5. The van der Waals surface area contributed by atoms with Gasteiger partial charge in [0.05, 0.1) is 31.2 Å². The summed E-state index contributed by atoms with van der Waals surface area (Å²) in [6.07, 6.45) is 0.568. The van der Waals surface area contributed by atoms with Crippen molar-refractivity contribution in [2.24, 2.45) is 0 Å². The highest BCUT2D eigenvalue weighted by Crippen LogP contribution is 2.39. The average molecular weight is 520 g/mol. The minimum Gasteiger partial charge on any atom is -0.493 e. The zero-order valence-corrected chi connectivity index (χ0v) is 20.3. The first kappa shape index (κ1) is 22.2. The molecule has 172 valence electrons. The summed E-state index contributed by atoms with van der Waals surface area (Å²) >= 11 is 3.52. The highest BCUT2D eigenvalue weighted by atomic mass is 79.9. The van der Waals surface area contributed by atoms with E-state index in [1.807, 2.05) is 42.5 Å². The number of halogens is 1. The van der Waals surface area contributed by atoms with Gasteiger partial charge in [0.15, 0.2) is 16.9 Å². The molecule has 1 aliphatic heterocycles. The summed E-state index contributed by atoms with van der Waals surface area (Å²) in [5.74, 6) is 1.09. The number of rotatable bonds is 6. The van der Waals surface area contributed by atoms with E-state index in [4.69, 9.17) is 13.9 Å². The predicted molar refractivity (Wildman–Crippen MR) is 133 cm³/mol. The minimum atomic E-state index is -0.541. The van der Waals surface area contributed by atoms with Gasteiger partial charge in [-0.3, -0.25) is 9.59 Å². The maximum absolute atomic E-state index is 13.5. The topological polar surface area (TPSA) is 69.0 Å². The summed E-state index contributed by atoms with van der Waals surface area (Å²) in [5, 5.41) is 0.468. The number of para-hydroxylation sites is 1. The van der Waals surface area contributed by atoms with Crippen molar-refractivity contribution in [3.63, 3.8) is 0 Å². The molecule has 0 spiro atoms. The molecule has 1 atom stereocenters. The van der Waals surface area contributed by atoms with Gasteiger partial charge < -0.3 is 18.8 Å². The molecule has 0 saturated carbocycles. The van der Waals surface area contributed by atoms with Crippen LogP contribution in [0.2, 0.25) is 0 Å². The normalized spacial score (nSPS) is 15.0. The fraction of sp³-hybridized carbons (Fsp3) is 0.185. The average Bonchev–Trinajstić information content (AvgIpc) is 3.14. The molecule has 7 heteroatoms. The quantitative estimate of drug-likeness (QED) is 0.343. The van der Waals surface area contributed by atoms with E-state index in [1.165, 1.54) is 0 Å². The molecular weight excluding hydrogens is 498 g/mol. The van der Waals surface area contributed by atoms with E-state index >= 15 is 0 Å². The Labute approximate surface area is 204 Å². The van der Waals surface area contributed by atoms with Crippen LogP contribution in [0.1, 0.15) is 33.3 Å². The predicted octanol–water partition coefficient (Wildman–Crippen LogP) is 5.36. The van der Waals surface area contributed by atoms with E-state index in [-0.39, 0.29) is 17.1 Å². The van der Waals surface area contributed by atoms with E-state index in [2.05, 4.69) is 15.9 Å². The van der Waals surface area contributed by atoms with Crippen LogP contribution < -0.4 is 14.9 Å². The molecule has 0 aliphatic carbocycles. The number of ether oxygens (including phenoxy) is 2. The number of carbonyl (C=O) groups is 1. The summed E-state index contributed by atoms with van der Waals surface area (Å²) in [5.41, 5.74) is 2.45. The summed E-state index contributed by atoms with van der Waals surface area (Å²) in [7, 11) is 3.18. The van der Waals surface area contributed by atoms with Crippen LogP contribution in [-0.2, 0) is 6.42 Å². The lowest BCUT2D eigenvalue weighted by Gasteiger charge is -2.25. The first-order valence-corrected chi connectivity index (χ1v) is 11.6. The second kappa shape index (κ2) is 8.99. The van der Waals surface area contributed by atoms with E-state index in [0.29, 0.717) is 41.0 Å². The van der Waals surface area contributed by atoms with E-state index < -0.39 is 6.04 Å². The smallest absolute Gasteiger partial charge is 0.290 e. The third-order valence-electron chi connectivity index (χ3n) is 6.13. The molecule has 1 aromatic heterocycles. The molecular formula is C27H22BrNO5. The Kier molecular flexibility index (Phi) is 5.87. The molecule has 1 unspecified atom stereocenters. The standard InChI is InChI=1S/C27H22BrNO5/c1-32-21-11-10-16(14-22(21)33-2)12-13-29-24(17-6-5-7-18(28)15-17)23-25(30)19-8-3-4-9-20(19)34-26(23)27(29)31/h3-11,14-15,24H,12-13H2,1-2H3. The SMILES string of the molecule is COc1ccc(CCN2C(=O)c3oc4ccccc4c(=O)c3C2c2cccc(Br)c2)cc1OC. The van der Waals surface area contributed by atoms with E-state index in [1.54, 1.807) is 43.4 Å². The minimum absolute atomic E-state index is 0.112. The van der Waals surface area contributed by atoms with Gasteiger partial charge in [0.2, 0.25) is 5.76 Å². The van der Waals surface area contributed by atoms with Crippen LogP contribution in [0.5, 0.6) is 11.5 Å². The van der Waals surface area contributed by atoms with Crippen molar-refractivity contribution in [3.8, 4) is 11.5 Å². The van der Waals surface area contributed by atoms with Crippen molar-refractivity contribution in [1.29, 1.82) is 0 Å². The molecule has 6 nitrogen and oxygen atoms in total. The largest absolute Gasteiger partial charge is 0.493 e. The van der Waals surface area contributed by atoms with Gasteiger partial charge in [-0.2, -0.15) is 0 Å². The van der Waals surface area contributed by atoms with E-state index in [9.17, 15) is 9.59 Å². The highest BCUT2D eigenvalue weighted by Gasteiger charge is 2.42. The summed E-state index contributed by atoms with van der Waals surface area (Å²) in [6, 6.07) is 19.9. The fourth-order valence-electron chi connectivity index (χ4n) is 4.51. The van der Waals surface area contributed by atoms with Crippen molar-refractivity contribution in [2.75, 3.05) is 20.8 Å². The van der Waals surface area contributed by atoms with Gasteiger partial charge in [0.1, 0.15) is 5.58 Å². The number of methoxy groups -OCH3 is 2. The lowest BCUT2D eigenvalue weighted by atomic mass is 9.98. The van der Waals surface area contributed by atoms with Crippen LogP contribution in [0.3, 0.4) is 0 Å². The number of benzene rings is 3. The van der Waals surface area contributed by atoms with Crippen molar-refractivity contribution in [1.82, 2.24) is 4.90 Å². The lowest BCUT2D eigenvalue weighted by molar-refractivity contribution is 0.0730. The Bertz CT molecular complexity index is 1460. The van der Waals surface area contributed by atoms with Gasteiger partial charge in [0.25, 0.3) is 5.91 Å². The van der Waals surface area contributed by atoms with Gasteiger partial charge in [-0.1, -0.05) is 46.3 Å². The molecule has 4 aromatic rings. The Balaban J connectivity index is 1.58. The molecule has 5 rings (SSSR count). The van der Waals surface area contributed by atoms with E-state index in [0.717, 1.165) is 15.6 Å². The van der Waals surface area contributed by atoms with Crippen LogP contribution in [0.25, 0.3) is 11.0 Å².